The van der Waals surface area contributed by atoms with Crippen molar-refractivity contribution in [1.29, 1.82) is 0 Å². The van der Waals surface area contributed by atoms with Crippen LogP contribution in [0.4, 0.5) is 4.79 Å². The number of nitrogens with zero attached hydrogens (tertiary/aromatic N) is 2. The second-order valence-electron chi connectivity index (χ2n) is 12.0. The third kappa shape index (κ3) is 7.85. The lowest BCUT2D eigenvalue weighted by Crippen LogP contribution is -2.62. The fraction of sp³-hybridized carbons (Fsp3) is 0.548. The van der Waals surface area contributed by atoms with Gasteiger partial charge in [-0.3, -0.25) is 9.89 Å². The number of amidine groups is 1. The number of aliphatic imine (C=N–C) groups is 1. The van der Waals surface area contributed by atoms with E-state index in [9.17, 15) is 9.90 Å². The van der Waals surface area contributed by atoms with Crippen molar-refractivity contribution in [3.05, 3.63) is 54.1 Å². The molecule has 1 N–H and O–H groups in total. The molecule has 2 aliphatic rings. The van der Waals surface area contributed by atoms with Crippen molar-refractivity contribution >= 4 is 31.3 Å². The molecule has 0 saturated carbocycles. The topological polar surface area (TPSA) is 108 Å². The zero-order chi connectivity index (χ0) is 31.4. The van der Waals surface area contributed by atoms with E-state index in [0.717, 1.165) is 17.1 Å². The Kier molecular flexibility index (Phi) is 10.7. The predicted molar refractivity (Wildman–Crippen MR) is 170 cm³/mol. The third-order valence-corrected chi connectivity index (χ3v) is 13.8. The summed E-state index contributed by atoms with van der Waals surface area (Å²) in [5, 5.41) is 10.1. The SMILES string of the molecule is CCN(C(=O)O)C1=N[C@@H]2[C@@H](OCc3ccc(OC)cc3)[C@H](O[Si](C)(C)C(C)(C)C)[C@@H](COc3ccc(OC)cc3)O[C@@H]2S1. The fourth-order valence-corrected chi connectivity index (χ4v) is 7.22. The average Bonchev–Trinajstić information content (AvgIpc) is 3.38. The fourth-order valence-electron chi connectivity index (χ4n) is 4.62. The number of benzene rings is 2. The van der Waals surface area contributed by atoms with Crippen LogP contribution >= 0.6 is 11.8 Å². The molecule has 5 atom stereocenters. The van der Waals surface area contributed by atoms with Gasteiger partial charge in [-0.05, 0) is 67.0 Å². The molecule has 2 heterocycles. The minimum Gasteiger partial charge on any atom is -0.497 e. The highest BCUT2D eigenvalue weighted by atomic mass is 32.2. The summed E-state index contributed by atoms with van der Waals surface area (Å²) in [5.41, 5.74) is 0.504. The van der Waals surface area contributed by atoms with Crippen molar-refractivity contribution in [2.45, 2.75) is 82.2 Å². The van der Waals surface area contributed by atoms with Gasteiger partial charge in [-0.15, -0.1) is 0 Å². The van der Waals surface area contributed by atoms with Crippen molar-refractivity contribution in [2.24, 2.45) is 4.99 Å². The van der Waals surface area contributed by atoms with Crippen molar-refractivity contribution in [2.75, 3.05) is 27.4 Å². The summed E-state index contributed by atoms with van der Waals surface area (Å²) >= 11 is 1.30. The van der Waals surface area contributed by atoms with E-state index in [1.165, 1.54) is 16.7 Å². The van der Waals surface area contributed by atoms with E-state index in [2.05, 4.69) is 33.9 Å². The van der Waals surface area contributed by atoms with Crippen LogP contribution in [0.25, 0.3) is 0 Å². The number of hydrogen-bond acceptors (Lipinski definition) is 9. The zero-order valence-electron chi connectivity index (χ0n) is 26.2. The molecule has 0 radical (unpaired) electrons. The lowest BCUT2D eigenvalue weighted by Gasteiger charge is -2.48. The minimum absolute atomic E-state index is 0.0764. The molecule has 10 nitrogen and oxygen atoms in total. The van der Waals surface area contributed by atoms with Gasteiger partial charge in [0.1, 0.15) is 53.6 Å². The molecule has 0 aliphatic carbocycles. The zero-order valence-corrected chi connectivity index (χ0v) is 28.1. The number of carboxylic acid groups (broad SMARTS) is 1. The van der Waals surface area contributed by atoms with Crippen LogP contribution in [0.1, 0.15) is 33.3 Å². The van der Waals surface area contributed by atoms with Crippen molar-refractivity contribution in [3.63, 3.8) is 0 Å². The number of thioether (sulfide) groups is 1. The molecule has 4 rings (SSSR count). The summed E-state index contributed by atoms with van der Waals surface area (Å²) in [7, 11) is 0.922. The average molecular weight is 633 g/mol. The van der Waals surface area contributed by atoms with Gasteiger partial charge >= 0.3 is 6.09 Å². The molecule has 236 valence electrons. The lowest BCUT2D eigenvalue weighted by molar-refractivity contribution is -0.176. The monoisotopic (exact) mass is 632 g/mol. The summed E-state index contributed by atoms with van der Waals surface area (Å²) in [6.45, 7) is 13.5. The Morgan fingerprint density at radius 1 is 1.00 bits per heavy atom. The molecule has 1 fully saturated rings. The molecule has 0 spiro atoms. The van der Waals surface area contributed by atoms with Gasteiger partial charge in [0.15, 0.2) is 13.5 Å². The van der Waals surface area contributed by atoms with Gasteiger partial charge in [0.05, 0.1) is 20.8 Å². The van der Waals surface area contributed by atoms with E-state index >= 15 is 0 Å². The summed E-state index contributed by atoms with van der Waals surface area (Å²) in [6, 6.07) is 14.6. The first kappa shape index (κ1) is 33.1. The van der Waals surface area contributed by atoms with Gasteiger partial charge in [0.2, 0.25) is 0 Å². The molecule has 2 aromatic carbocycles. The van der Waals surface area contributed by atoms with E-state index in [4.69, 9.17) is 33.1 Å². The maximum Gasteiger partial charge on any atom is 0.413 e. The molecule has 1 amide bonds. The first-order valence-corrected chi connectivity index (χ1v) is 18.2. The Morgan fingerprint density at radius 2 is 1.58 bits per heavy atom. The molecule has 43 heavy (non-hydrogen) atoms. The molecule has 12 heteroatoms. The summed E-state index contributed by atoms with van der Waals surface area (Å²) in [5.74, 6) is 2.17. The normalized spacial score (nSPS) is 23.7. The van der Waals surface area contributed by atoms with Gasteiger partial charge in [-0.25, -0.2) is 4.79 Å². The third-order valence-electron chi connectivity index (χ3n) is 8.19. The Balaban J connectivity index is 1.68. The smallest absolute Gasteiger partial charge is 0.413 e. The Morgan fingerprint density at radius 3 is 2.12 bits per heavy atom. The van der Waals surface area contributed by atoms with Gasteiger partial charge in [0.25, 0.3) is 0 Å². The van der Waals surface area contributed by atoms with Crippen LogP contribution < -0.4 is 14.2 Å². The van der Waals surface area contributed by atoms with Gasteiger partial charge < -0.3 is 33.2 Å². The molecular formula is C31H44N2O8SSi. The van der Waals surface area contributed by atoms with Crippen molar-refractivity contribution < 1.29 is 38.0 Å². The largest absolute Gasteiger partial charge is 0.497 e. The van der Waals surface area contributed by atoms with Crippen LogP contribution in [0.3, 0.4) is 0 Å². The first-order chi connectivity index (χ1) is 20.4. The molecule has 0 bridgehead atoms. The summed E-state index contributed by atoms with van der Waals surface area (Å²) < 4.78 is 37.2. The Hall–Kier alpha value is -2.77. The number of hydrogen-bond donors (Lipinski definition) is 1. The standard InChI is InChI=1S/C31H44N2O8SSi/c1-9-33(30(34)35)29-32-25-27(39-18-20-10-12-21(36-5)13-11-20)26(41-43(7,8)31(2,3)4)24(40-28(25)42-29)19-38-23-16-14-22(37-6)15-17-23/h10-17,24-28H,9,18-19H2,1-8H3,(H,34,35)/t24-,25-,26-,27-,28-/m1/s1. The molecule has 0 unspecified atom stereocenters. The summed E-state index contributed by atoms with van der Waals surface area (Å²) in [6.07, 6.45) is -2.59. The highest BCUT2D eigenvalue weighted by Gasteiger charge is 2.54. The Labute approximate surface area is 259 Å². The van der Waals surface area contributed by atoms with Crippen molar-refractivity contribution in [3.8, 4) is 17.2 Å². The van der Waals surface area contributed by atoms with E-state index in [1.54, 1.807) is 21.1 Å². The minimum atomic E-state index is -2.33. The number of rotatable bonds is 11. The van der Waals surface area contributed by atoms with Crippen LogP contribution in [0.5, 0.6) is 17.2 Å². The van der Waals surface area contributed by atoms with Crippen LogP contribution in [-0.2, 0) is 20.5 Å². The van der Waals surface area contributed by atoms with Crippen molar-refractivity contribution in [1.82, 2.24) is 4.90 Å². The molecule has 2 aliphatic heterocycles. The van der Waals surface area contributed by atoms with E-state index in [-0.39, 0.29) is 18.2 Å². The van der Waals surface area contributed by atoms with Crippen LogP contribution in [0.2, 0.25) is 18.1 Å². The van der Waals surface area contributed by atoms with Gasteiger partial charge in [-0.2, -0.15) is 0 Å². The summed E-state index contributed by atoms with van der Waals surface area (Å²) in [4.78, 5) is 18.1. The Bertz CT molecular complexity index is 1250. The highest BCUT2D eigenvalue weighted by Crippen LogP contribution is 2.44. The van der Waals surface area contributed by atoms with E-state index in [1.807, 2.05) is 48.5 Å². The van der Waals surface area contributed by atoms with Crippen LogP contribution in [0, 0.1) is 0 Å². The van der Waals surface area contributed by atoms with Crippen LogP contribution in [-0.4, -0.2) is 86.7 Å². The predicted octanol–water partition coefficient (Wildman–Crippen LogP) is 6.25. The lowest BCUT2D eigenvalue weighted by atomic mass is 9.98. The maximum absolute atomic E-state index is 12.0. The number of amides is 1. The quantitative estimate of drug-likeness (QED) is 0.288. The second-order valence-corrected chi connectivity index (χ2v) is 17.9. The number of fused-ring (bicyclic) bond motifs is 1. The number of methoxy groups -OCH3 is 2. The second kappa shape index (κ2) is 13.9. The maximum atomic E-state index is 12.0. The molecule has 1 saturated heterocycles. The molecular weight excluding hydrogens is 589 g/mol. The van der Waals surface area contributed by atoms with E-state index < -0.39 is 44.2 Å². The molecule has 0 aromatic heterocycles. The van der Waals surface area contributed by atoms with Crippen LogP contribution in [0.15, 0.2) is 53.5 Å². The first-order valence-electron chi connectivity index (χ1n) is 14.5. The number of ether oxygens (including phenoxy) is 5. The molecule has 2 aromatic rings. The highest BCUT2D eigenvalue weighted by molar-refractivity contribution is 8.14. The van der Waals surface area contributed by atoms with Gasteiger partial charge in [0, 0.05) is 6.54 Å². The van der Waals surface area contributed by atoms with Gasteiger partial charge in [-0.1, -0.05) is 44.7 Å². The number of carbonyl (C=O) groups is 1. The van der Waals surface area contributed by atoms with E-state index in [0.29, 0.717) is 17.5 Å².